The van der Waals surface area contributed by atoms with Crippen molar-refractivity contribution in [3.05, 3.63) is 18.2 Å². The number of nitrogens with zero attached hydrogens (tertiary/aromatic N) is 2. The Kier molecular flexibility index (Phi) is 5.09. The molecule has 0 spiro atoms. The van der Waals surface area contributed by atoms with Crippen LogP contribution < -0.4 is 9.47 Å². The lowest BCUT2D eigenvalue weighted by Gasteiger charge is -2.40. The fraction of sp³-hybridized carbons (Fsp3) is 0.684. The number of ether oxygens (including phenoxy) is 3. The van der Waals surface area contributed by atoms with Crippen LogP contribution in [-0.2, 0) is 14.8 Å². The molecule has 1 aliphatic carbocycles. The zero-order valence-corrected chi connectivity index (χ0v) is 16.9. The topological polar surface area (TPSA) is 68.3 Å². The van der Waals surface area contributed by atoms with Crippen LogP contribution in [0, 0.1) is 11.8 Å². The molecule has 0 bridgehead atoms. The molecule has 0 amide bonds. The van der Waals surface area contributed by atoms with E-state index in [2.05, 4.69) is 19.0 Å². The van der Waals surface area contributed by atoms with Crippen LogP contribution in [0.3, 0.4) is 0 Å². The smallest absolute Gasteiger partial charge is 0.243 e. The van der Waals surface area contributed by atoms with E-state index in [4.69, 9.17) is 14.2 Å². The van der Waals surface area contributed by atoms with Gasteiger partial charge in [0, 0.05) is 32.3 Å². The number of rotatable bonds is 4. The maximum atomic E-state index is 13.2. The predicted octanol–water partition coefficient (Wildman–Crippen LogP) is 1.43. The zero-order chi connectivity index (χ0) is 19.2. The molecule has 1 saturated carbocycles. The van der Waals surface area contributed by atoms with Gasteiger partial charge >= 0.3 is 0 Å². The van der Waals surface area contributed by atoms with Gasteiger partial charge in [-0.15, -0.1) is 0 Å². The van der Waals surface area contributed by atoms with Crippen molar-refractivity contribution in [2.45, 2.75) is 29.9 Å². The fourth-order valence-electron chi connectivity index (χ4n) is 4.67. The van der Waals surface area contributed by atoms with Crippen LogP contribution in [0.5, 0.6) is 11.5 Å². The summed E-state index contributed by atoms with van der Waals surface area (Å²) < 4.78 is 44.8. The Bertz CT molecular complexity index is 797. The third-order valence-corrected chi connectivity index (χ3v) is 8.00. The van der Waals surface area contributed by atoms with Crippen LogP contribution in [0.2, 0.25) is 0 Å². The summed E-state index contributed by atoms with van der Waals surface area (Å²) in [5.74, 6) is 1.83. The maximum absolute atomic E-state index is 13.2. The van der Waals surface area contributed by atoms with Crippen molar-refractivity contribution in [1.29, 1.82) is 0 Å². The van der Waals surface area contributed by atoms with Gasteiger partial charge in [0.1, 0.15) is 13.2 Å². The number of fused-ring (bicyclic) bond motifs is 2. The lowest BCUT2D eigenvalue weighted by atomic mass is 9.77. The normalized spacial score (nSPS) is 31.1. The lowest BCUT2D eigenvalue weighted by Crippen LogP contribution is -2.47. The molecular weight excluding hydrogens is 368 g/mol. The molecule has 150 valence electrons. The molecule has 0 radical (unpaired) electrons. The van der Waals surface area contributed by atoms with Crippen molar-refractivity contribution < 1.29 is 22.6 Å². The largest absolute Gasteiger partial charge is 0.486 e. The Balaban J connectivity index is 1.54. The van der Waals surface area contributed by atoms with Crippen LogP contribution in [-0.4, -0.2) is 77.3 Å². The van der Waals surface area contributed by atoms with E-state index in [1.807, 2.05) is 0 Å². The van der Waals surface area contributed by atoms with Gasteiger partial charge in [0.25, 0.3) is 0 Å². The molecule has 8 heteroatoms. The molecule has 1 aromatic carbocycles. The second-order valence-electron chi connectivity index (χ2n) is 7.92. The van der Waals surface area contributed by atoms with Gasteiger partial charge in [-0.05, 0) is 50.9 Å². The van der Waals surface area contributed by atoms with E-state index < -0.39 is 10.0 Å². The standard InChI is InChI=1S/C19H28N2O5S/c1-20(2)16-8-13-11-21(12-14(13)9-18(16)24-3)27(22,23)15-4-5-17-19(10-15)26-7-6-25-17/h4-5,10,13-14,16,18H,6-9,11-12H2,1-3H3/t13-,14+,16-,18-/m1/s1. The first kappa shape index (κ1) is 19.0. The first-order valence-corrected chi connectivity index (χ1v) is 10.9. The number of benzene rings is 1. The summed E-state index contributed by atoms with van der Waals surface area (Å²) >= 11 is 0. The lowest BCUT2D eigenvalue weighted by molar-refractivity contribution is -0.0209. The first-order chi connectivity index (χ1) is 12.9. The zero-order valence-electron chi connectivity index (χ0n) is 16.1. The van der Waals surface area contributed by atoms with Crippen LogP contribution in [0.4, 0.5) is 0 Å². The number of hydrogen-bond acceptors (Lipinski definition) is 6. The summed E-state index contributed by atoms with van der Waals surface area (Å²) in [6.07, 6.45) is 2.01. The van der Waals surface area contributed by atoms with Crippen molar-refractivity contribution in [2.24, 2.45) is 11.8 Å². The van der Waals surface area contributed by atoms with Gasteiger partial charge in [0.15, 0.2) is 11.5 Å². The van der Waals surface area contributed by atoms with E-state index in [1.54, 1.807) is 29.6 Å². The van der Waals surface area contributed by atoms with Crippen LogP contribution in [0.25, 0.3) is 0 Å². The molecule has 2 heterocycles. The van der Waals surface area contributed by atoms with Crippen molar-refractivity contribution >= 4 is 10.0 Å². The molecule has 0 aromatic heterocycles. The summed E-state index contributed by atoms with van der Waals surface area (Å²) in [6, 6.07) is 5.22. The molecule has 4 atom stereocenters. The van der Waals surface area contributed by atoms with Crippen molar-refractivity contribution in [3.63, 3.8) is 0 Å². The van der Waals surface area contributed by atoms with Gasteiger partial charge in [-0.1, -0.05) is 0 Å². The van der Waals surface area contributed by atoms with Gasteiger partial charge in [0.2, 0.25) is 10.0 Å². The maximum Gasteiger partial charge on any atom is 0.243 e. The van der Waals surface area contributed by atoms with Crippen LogP contribution in [0.1, 0.15) is 12.8 Å². The molecule has 2 aliphatic heterocycles. The average molecular weight is 397 g/mol. The third kappa shape index (κ3) is 3.44. The van der Waals surface area contributed by atoms with Gasteiger partial charge in [0.05, 0.1) is 11.0 Å². The van der Waals surface area contributed by atoms with E-state index in [1.165, 1.54) is 0 Å². The Morgan fingerprint density at radius 3 is 2.41 bits per heavy atom. The van der Waals surface area contributed by atoms with Crippen molar-refractivity contribution in [2.75, 3.05) is 47.5 Å². The number of sulfonamides is 1. The quantitative estimate of drug-likeness (QED) is 0.767. The van der Waals surface area contributed by atoms with Gasteiger partial charge in [-0.25, -0.2) is 8.42 Å². The molecule has 1 saturated heterocycles. The van der Waals surface area contributed by atoms with Gasteiger partial charge in [-0.3, -0.25) is 0 Å². The first-order valence-electron chi connectivity index (χ1n) is 9.49. The van der Waals surface area contributed by atoms with Crippen molar-refractivity contribution in [3.8, 4) is 11.5 Å². The molecule has 3 aliphatic rings. The summed E-state index contributed by atoms with van der Waals surface area (Å²) in [4.78, 5) is 2.47. The van der Waals surface area contributed by atoms with Crippen LogP contribution >= 0.6 is 0 Å². The minimum absolute atomic E-state index is 0.151. The monoisotopic (exact) mass is 396 g/mol. The molecule has 7 nitrogen and oxygen atoms in total. The number of hydrogen-bond donors (Lipinski definition) is 0. The molecule has 27 heavy (non-hydrogen) atoms. The minimum atomic E-state index is -3.55. The number of methoxy groups -OCH3 is 1. The summed E-state index contributed by atoms with van der Waals surface area (Å²) in [6.45, 7) is 2.06. The highest BCUT2D eigenvalue weighted by Crippen LogP contribution is 2.41. The third-order valence-electron chi connectivity index (χ3n) is 6.17. The Morgan fingerprint density at radius 1 is 1.07 bits per heavy atom. The number of likely N-dealkylation sites (N-methyl/N-ethyl adjacent to an activating group) is 1. The van der Waals surface area contributed by atoms with E-state index in [-0.39, 0.29) is 11.0 Å². The SMILES string of the molecule is CO[C@@H]1C[C@H]2CN(S(=O)(=O)c3ccc4c(c3)OCCO4)C[C@H]2C[C@H]1N(C)C. The molecule has 2 fully saturated rings. The van der Waals surface area contributed by atoms with E-state index >= 15 is 0 Å². The molecule has 4 rings (SSSR count). The van der Waals surface area contributed by atoms with Gasteiger partial charge in [-0.2, -0.15) is 4.31 Å². The summed E-state index contributed by atoms with van der Waals surface area (Å²) in [5.41, 5.74) is 0. The molecule has 1 aromatic rings. The van der Waals surface area contributed by atoms with Crippen molar-refractivity contribution in [1.82, 2.24) is 9.21 Å². The van der Waals surface area contributed by atoms with Gasteiger partial charge < -0.3 is 19.1 Å². The highest BCUT2D eigenvalue weighted by molar-refractivity contribution is 7.89. The molecule has 0 N–H and O–H groups in total. The average Bonchev–Trinajstić information content (AvgIpc) is 3.10. The highest BCUT2D eigenvalue weighted by atomic mass is 32.2. The van der Waals surface area contributed by atoms with E-state index in [9.17, 15) is 8.42 Å². The fourth-order valence-corrected chi connectivity index (χ4v) is 6.24. The summed E-state index contributed by atoms with van der Waals surface area (Å²) in [5, 5.41) is 0. The Morgan fingerprint density at radius 2 is 1.74 bits per heavy atom. The minimum Gasteiger partial charge on any atom is -0.486 e. The second-order valence-corrected chi connectivity index (χ2v) is 9.86. The highest BCUT2D eigenvalue weighted by Gasteiger charge is 2.46. The predicted molar refractivity (Wildman–Crippen MR) is 101 cm³/mol. The van der Waals surface area contributed by atoms with E-state index in [0.29, 0.717) is 55.7 Å². The van der Waals surface area contributed by atoms with E-state index in [0.717, 1.165) is 12.8 Å². The Labute approximate surface area is 161 Å². The Hall–Kier alpha value is -1.35. The molecule has 0 unspecified atom stereocenters. The summed E-state index contributed by atoms with van der Waals surface area (Å²) in [7, 11) is 2.33. The van der Waals surface area contributed by atoms with Crippen LogP contribution in [0.15, 0.2) is 23.1 Å². The second kappa shape index (κ2) is 7.24. The molecular formula is C19H28N2O5S.